The van der Waals surface area contributed by atoms with Crippen LogP contribution in [0.4, 0.5) is 5.69 Å². The molecule has 0 aromatic heterocycles. The molecule has 1 unspecified atom stereocenters. The normalized spacial score (nSPS) is 11.4. The summed E-state index contributed by atoms with van der Waals surface area (Å²) in [5.41, 5.74) is 1.35. The Morgan fingerprint density at radius 2 is 1.65 bits per heavy atom. The van der Waals surface area contributed by atoms with E-state index in [-0.39, 0.29) is 30.9 Å². The third-order valence-electron chi connectivity index (χ3n) is 3.41. The number of benzene rings is 1. The average molecular weight is 363 g/mol. The topological polar surface area (TPSA) is 114 Å². The Hall–Kier alpha value is -2.90. The summed E-state index contributed by atoms with van der Waals surface area (Å²) in [4.78, 5) is 46.0. The molecule has 1 aromatic carbocycles. The van der Waals surface area contributed by atoms with Crippen molar-refractivity contribution < 1.29 is 23.9 Å². The second-order valence-electron chi connectivity index (χ2n) is 6.17. The van der Waals surface area contributed by atoms with Crippen LogP contribution in [0.5, 0.6) is 0 Å². The molecule has 26 heavy (non-hydrogen) atoms. The summed E-state index contributed by atoms with van der Waals surface area (Å²) in [6, 6.07) is 6.10. The number of hydrogen-bond donors (Lipinski definition) is 3. The van der Waals surface area contributed by atoms with Gasteiger partial charge in [0.15, 0.2) is 0 Å². The van der Waals surface area contributed by atoms with Gasteiger partial charge in [0, 0.05) is 19.5 Å². The Morgan fingerprint density at radius 3 is 2.15 bits per heavy atom. The van der Waals surface area contributed by atoms with Gasteiger partial charge in [-0.2, -0.15) is 0 Å². The van der Waals surface area contributed by atoms with Gasteiger partial charge in [-0.05, 0) is 23.6 Å². The highest BCUT2D eigenvalue weighted by atomic mass is 16.5. The molecule has 0 bridgehead atoms. The lowest BCUT2D eigenvalue weighted by molar-refractivity contribution is -0.142. The molecule has 8 nitrogen and oxygen atoms in total. The molecular formula is C18H25N3O5. The summed E-state index contributed by atoms with van der Waals surface area (Å²) >= 11 is 0. The summed E-state index contributed by atoms with van der Waals surface area (Å²) in [5, 5.41) is 7.72. The molecular weight excluding hydrogens is 338 g/mol. The maximum absolute atomic E-state index is 12.1. The molecule has 1 aromatic rings. The molecule has 0 spiro atoms. The molecule has 0 saturated carbocycles. The van der Waals surface area contributed by atoms with Crippen molar-refractivity contribution in [2.24, 2.45) is 5.92 Å². The van der Waals surface area contributed by atoms with E-state index in [1.807, 2.05) is 0 Å². The van der Waals surface area contributed by atoms with Crippen molar-refractivity contribution in [3.63, 3.8) is 0 Å². The summed E-state index contributed by atoms with van der Waals surface area (Å²) in [6.07, 6.45) is 0. The van der Waals surface area contributed by atoms with Crippen LogP contribution >= 0.6 is 0 Å². The van der Waals surface area contributed by atoms with Gasteiger partial charge in [-0.25, -0.2) is 0 Å². The van der Waals surface area contributed by atoms with Crippen LogP contribution in [0.2, 0.25) is 0 Å². The van der Waals surface area contributed by atoms with Gasteiger partial charge >= 0.3 is 5.97 Å². The molecule has 0 saturated heterocycles. The van der Waals surface area contributed by atoms with Gasteiger partial charge in [-0.3, -0.25) is 19.2 Å². The van der Waals surface area contributed by atoms with Crippen molar-refractivity contribution in [2.45, 2.75) is 40.3 Å². The van der Waals surface area contributed by atoms with Crippen molar-refractivity contribution in [1.29, 1.82) is 0 Å². The first-order valence-electron chi connectivity index (χ1n) is 8.26. The zero-order valence-electron chi connectivity index (χ0n) is 15.4. The number of esters is 1. The number of ether oxygens (including phenoxy) is 1. The first-order chi connectivity index (χ1) is 12.2. The van der Waals surface area contributed by atoms with Crippen LogP contribution in [0, 0.1) is 5.92 Å². The highest BCUT2D eigenvalue weighted by Gasteiger charge is 2.23. The van der Waals surface area contributed by atoms with Crippen LogP contribution in [-0.2, 0) is 30.5 Å². The molecule has 0 aliphatic carbocycles. The van der Waals surface area contributed by atoms with E-state index in [0.29, 0.717) is 5.69 Å². The van der Waals surface area contributed by atoms with Crippen LogP contribution < -0.4 is 16.0 Å². The lowest BCUT2D eigenvalue weighted by Gasteiger charge is -2.20. The molecule has 0 fully saturated rings. The van der Waals surface area contributed by atoms with E-state index in [1.54, 1.807) is 38.1 Å². The summed E-state index contributed by atoms with van der Waals surface area (Å²) in [6.45, 7) is 6.23. The molecule has 0 aliphatic heterocycles. The second-order valence-corrected chi connectivity index (χ2v) is 6.17. The van der Waals surface area contributed by atoms with Gasteiger partial charge in [0.25, 0.3) is 0 Å². The van der Waals surface area contributed by atoms with Crippen LogP contribution in [0.15, 0.2) is 24.3 Å². The molecule has 1 atom stereocenters. The molecule has 142 valence electrons. The van der Waals surface area contributed by atoms with E-state index >= 15 is 0 Å². The SMILES string of the molecule is CC(=O)NC(C(=O)NCC(=O)Nc1ccc(COC(C)=O)cc1)C(C)C. The molecule has 0 aliphatic rings. The Labute approximate surface area is 152 Å². The van der Waals surface area contributed by atoms with Gasteiger partial charge in [-0.15, -0.1) is 0 Å². The number of anilines is 1. The van der Waals surface area contributed by atoms with E-state index in [4.69, 9.17) is 4.74 Å². The largest absolute Gasteiger partial charge is 0.461 e. The Morgan fingerprint density at radius 1 is 1.04 bits per heavy atom. The van der Waals surface area contributed by atoms with Crippen molar-refractivity contribution >= 4 is 29.4 Å². The number of nitrogens with one attached hydrogen (secondary N) is 3. The average Bonchev–Trinajstić information content (AvgIpc) is 2.56. The van der Waals surface area contributed by atoms with E-state index in [1.165, 1.54) is 13.8 Å². The highest BCUT2D eigenvalue weighted by molar-refractivity contribution is 5.96. The Balaban J connectivity index is 2.49. The van der Waals surface area contributed by atoms with Gasteiger partial charge in [0.2, 0.25) is 17.7 Å². The number of carbonyl (C=O) groups excluding carboxylic acids is 4. The fourth-order valence-corrected chi connectivity index (χ4v) is 2.11. The van der Waals surface area contributed by atoms with E-state index < -0.39 is 17.9 Å². The maximum atomic E-state index is 12.1. The standard InChI is InChI=1S/C18H25N3O5/c1-11(2)17(20-12(3)22)18(25)19-9-16(24)21-15-7-5-14(6-8-15)10-26-13(4)23/h5-8,11,17H,9-10H2,1-4H3,(H,19,25)(H,20,22)(H,21,24). The van der Waals surface area contributed by atoms with E-state index in [0.717, 1.165) is 5.56 Å². The fourth-order valence-electron chi connectivity index (χ4n) is 2.11. The summed E-state index contributed by atoms with van der Waals surface area (Å²) in [7, 11) is 0. The third kappa shape index (κ3) is 7.78. The van der Waals surface area contributed by atoms with Crippen molar-refractivity contribution in [3.8, 4) is 0 Å². The van der Waals surface area contributed by atoms with Crippen molar-refractivity contribution in [2.75, 3.05) is 11.9 Å². The second kappa shape index (κ2) is 10.2. The van der Waals surface area contributed by atoms with Crippen LogP contribution in [0.25, 0.3) is 0 Å². The fraction of sp³-hybridized carbons (Fsp3) is 0.444. The monoisotopic (exact) mass is 363 g/mol. The van der Waals surface area contributed by atoms with Crippen molar-refractivity contribution in [1.82, 2.24) is 10.6 Å². The van der Waals surface area contributed by atoms with Crippen LogP contribution in [0.3, 0.4) is 0 Å². The number of carbonyl (C=O) groups is 4. The first-order valence-corrected chi connectivity index (χ1v) is 8.26. The van der Waals surface area contributed by atoms with Crippen LogP contribution in [-0.4, -0.2) is 36.3 Å². The minimum absolute atomic E-state index is 0.105. The van der Waals surface area contributed by atoms with Gasteiger partial charge in [0.1, 0.15) is 12.6 Å². The van der Waals surface area contributed by atoms with Crippen LogP contribution in [0.1, 0.15) is 33.3 Å². The predicted molar refractivity (Wildman–Crippen MR) is 96.0 cm³/mol. The van der Waals surface area contributed by atoms with E-state index in [9.17, 15) is 19.2 Å². The zero-order valence-corrected chi connectivity index (χ0v) is 15.4. The lowest BCUT2D eigenvalue weighted by atomic mass is 10.0. The number of rotatable bonds is 8. The van der Waals surface area contributed by atoms with Gasteiger partial charge in [-0.1, -0.05) is 26.0 Å². The van der Waals surface area contributed by atoms with Crippen molar-refractivity contribution in [3.05, 3.63) is 29.8 Å². The Kier molecular flexibility index (Phi) is 8.27. The molecule has 8 heteroatoms. The highest BCUT2D eigenvalue weighted by Crippen LogP contribution is 2.10. The number of amides is 3. The number of hydrogen-bond acceptors (Lipinski definition) is 5. The predicted octanol–water partition coefficient (Wildman–Crippen LogP) is 0.965. The lowest BCUT2D eigenvalue weighted by Crippen LogP contribution is -2.50. The Bertz CT molecular complexity index is 655. The molecule has 3 amide bonds. The maximum Gasteiger partial charge on any atom is 0.302 e. The van der Waals surface area contributed by atoms with Gasteiger partial charge < -0.3 is 20.7 Å². The first kappa shape index (κ1) is 21.1. The van der Waals surface area contributed by atoms with Gasteiger partial charge in [0.05, 0.1) is 6.54 Å². The molecule has 0 radical (unpaired) electrons. The van der Waals surface area contributed by atoms with E-state index in [2.05, 4.69) is 16.0 Å². The third-order valence-corrected chi connectivity index (χ3v) is 3.41. The zero-order chi connectivity index (χ0) is 19.7. The molecule has 0 heterocycles. The molecule has 1 rings (SSSR count). The summed E-state index contributed by atoms with van der Waals surface area (Å²) < 4.78 is 4.88. The summed E-state index contributed by atoms with van der Waals surface area (Å²) in [5.74, 6) is -1.58. The molecule has 3 N–H and O–H groups in total. The quantitative estimate of drug-likeness (QED) is 0.596. The minimum Gasteiger partial charge on any atom is -0.461 e. The minimum atomic E-state index is -0.694. The smallest absolute Gasteiger partial charge is 0.302 e.